The van der Waals surface area contributed by atoms with Gasteiger partial charge in [-0.1, -0.05) is 41.0 Å². The summed E-state index contributed by atoms with van der Waals surface area (Å²) in [6.07, 6.45) is 5.69. The van der Waals surface area contributed by atoms with E-state index in [-0.39, 0.29) is 0 Å². The van der Waals surface area contributed by atoms with E-state index in [4.69, 9.17) is 0 Å². The minimum Gasteiger partial charge on any atom is -0.0651 e. The fraction of sp³-hybridized carbons (Fsp3) is 1.00. The molecule has 0 aliphatic heterocycles. The van der Waals surface area contributed by atoms with Crippen molar-refractivity contribution in [1.29, 1.82) is 0 Å². The van der Waals surface area contributed by atoms with E-state index in [2.05, 4.69) is 34.6 Å². The molecular formula is C13H26. The molecule has 0 aromatic heterocycles. The molecule has 0 heterocycles. The number of hydrogen-bond acceptors (Lipinski definition) is 0. The van der Waals surface area contributed by atoms with E-state index >= 15 is 0 Å². The third kappa shape index (κ3) is 3.70. The molecule has 0 heteroatoms. The van der Waals surface area contributed by atoms with E-state index in [1.807, 2.05) is 0 Å². The monoisotopic (exact) mass is 182 g/mol. The van der Waals surface area contributed by atoms with Gasteiger partial charge < -0.3 is 0 Å². The highest BCUT2D eigenvalue weighted by Gasteiger charge is 2.37. The first-order valence-corrected chi connectivity index (χ1v) is 5.94. The van der Waals surface area contributed by atoms with Crippen LogP contribution in [0.1, 0.15) is 60.3 Å². The maximum absolute atomic E-state index is 2.45. The van der Waals surface area contributed by atoms with Gasteiger partial charge in [-0.05, 0) is 42.4 Å². The summed E-state index contributed by atoms with van der Waals surface area (Å²) < 4.78 is 0. The lowest BCUT2D eigenvalue weighted by Gasteiger charge is -2.27. The summed E-state index contributed by atoms with van der Waals surface area (Å²) >= 11 is 0. The predicted molar refractivity (Wildman–Crippen MR) is 59.7 cm³/mol. The van der Waals surface area contributed by atoms with Crippen molar-refractivity contribution in [3.8, 4) is 0 Å². The lowest BCUT2D eigenvalue weighted by Crippen LogP contribution is -2.16. The Hall–Kier alpha value is 0. The van der Waals surface area contributed by atoms with Crippen molar-refractivity contribution in [2.24, 2.45) is 23.2 Å². The molecule has 0 amide bonds. The largest absolute Gasteiger partial charge is 0.0651 e. The van der Waals surface area contributed by atoms with Gasteiger partial charge in [0.25, 0.3) is 0 Å². The Balaban J connectivity index is 2.28. The molecule has 0 spiro atoms. The van der Waals surface area contributed by atoms with Crippen LogP contribution in [0.15, 0.2) is 0 Å². The summed E-state index contributed by atoms with van der Waals surface area (Å²) in [4.78, 5) is 0. The van der Waals surface area contributed by atoms with Gasteiger partial charge in [-0.2, -0.15) is 0 Å². The van der Waals surface area contributed by atoms with Gasteiger partial charge in [0.15, 0.2) is 0 Å². The van der Waals surface area contributed by atoms with Crippen molar-refractivity contribution in [3.05, 3.63) is 0 Å². The van der Waals surface area contributed by atoms with Crippen LogP contribution in [0, 0.1) is 23.2 Å². The molecule has 1 rings (SSSR count). The SMILES string of the molecule is CCC(C)CC(C)(C)CC1CC1C. The van der Waals surface area contributed by atoms with Crippen LogP contribution in [0.2, 0.25) is 0 Å². The van der Waals surface area contributed by atoms with E-state index in [1.54, 1.807) is 0 Å². The molecule has 0 radical (unpaired) electrons. The van der Waals surface area contributed by atoms with E-state index in [0.717, 1.165) is 17.8 Å². The zero-order valence-corrected chi connectivity index (χ0v) is 10.1. The van der Waals surface area contributed by atoms with Crippen molar-refractivity contribution in [2.75, 3.05) is 0 Å². The Morgan fingerprint density at radius 1 is 1.38 bits per heavy atom. The highest BCUT2D eigenvalue weighted by Crippen LogP contribution is 2.47. The molecule has 1 aliphatic rings. The van der Waals surface area contributed by atoms with Crippen LogP contribution >= 0.6 is 0 Å². The van der Waals surface area contributed by atoms with Crippen molar-refractivity contribution in [3.63, 3.8) is 0 Å². The van der Waals surface area contributed by atoms with Crippen molar-refractivity contribution in [2.45, 2.75) is 60.3 Å². The van der Waals surface area contributed by atoms with Gasteiger partial charge in [0.05, 0.1) is 0 Å². The van der Waals surface area contributed by atoms with Crippen LogP contribution in [0.25, 0.3) is 0 Å². The summed E-state index contributed by atoms with van der Waals surface area (Å²) in [6, 6.07) is 0. The third-order valence-electron chi connectivity index (χ3n) is 3.69. The summed E-state index contributed by atoms with van der Waals surface area (Å²) in [5, 5.41) is 0. The predicted octanol–water partition coefficient (Wildman–Crippen LogP) is 4.49. The molecule has 0 bridgehead atoms. The number of hydrogen-bond donors (Lipinski definition) is 0. The molecule has 1 saturated carbocycles. The average Bonchev–Trinajstić information content (AvgIpc) is 2.63. The van der Waals surface area contributed by atoms with Gasteiger partial charge in [0.1, 0.15) is 0 Å². The highest BCUT2D eigenvalue weighted by molar-refractivity contribution is 4.87. The van der Waals surface area contributed by atoms with E-state index in [9.17, 15) is 0 Å². The quantitative estimate of drug-likeness (QED) is 0.587. The molecule has 0 aromatic carbocycles. The third-order valence-corrected chi connectivity index (χ3v) is 3.69. The molecule has 3 atom stereocenters. The van der Waals surface area contributed by atoms with Gasteiger partial charge >= 0.3 is 0 Å². The van der Waals surface area contributed by atoms with Gasteiger partial charge in [0.2, 0.25) is 0 Å². The molecule has 78 valence electrons. The first kappa shape index (κ1) is 11.1. The van der Waals surface area contributed by atoms with Crippen molar-refractivity contribution < 1.29 is 0 Å². The Bertz CT molecular complexity index is 149. The summed E-state index contributed by atoms with van der Waals surface area (Å²) in [6.45, 7) is 12.0. The molecule has 1 fully saturated rings. The van der Waals surface area contributed by atoms with Crippen LogP contribution in [-0.2, 0) is 0 Å². The number of rotatable bonds is 5. The molecule has 3 unspecified atom stereocenters. The first-order valence-electron chi connectivity index (χ1n) is 5.94. The highest BCUT2D eigenvalue weighted by atomic mass is 14.4. The molecule has 0 N–H and O–H groups in total. The van der Waals surface area contributed by atoms with Crippen molar-refractivity contribution >= 4 is 0 Å². The van der Waals surface area contributed by atoms with E-state index < -0.39 is 0 Å². The second kappa shape index (κ2) is 4.02. The van der Waals surface area contributed by atoms with Gasteiger partial charge in [-0.3, -0.25) is 0 Å². The Morgan fingerprint density at radius 2 is 1.92 bits per heavy atom. The summed E-state index contributed by atoms with van der Waals surface area (Å²) in [5.41, 5.74) is 0.588. The molecule has 0 saturated heterocycles. The Kier molecular flexibility index (Phi) is 3.43. The van der Waals surface area contributed by atoms with Crippen LogP contribution < -0.4 is 0 Å². The molecule has 1 aliphatic carbocycles. The maximum atomic E-state index is 2.45. The average molecular weight is 182 g/mol. The van der Waals surface area contributed by atoms with Crippen molar-refractivity contribution in [1.82, 2.24) is 0 Å². The van der Waals surface area contributed by atoms with Gasteiger partial charge in [-0.15, -0.1) is 0 Å². The fourth-order valence-electron chi connectivity index (χ4n) is 2.56. The Labute approximate surface area is 84.1 Å². The minimum absolute atomic E-state index is 0.588. The Morgan fingerprint density at radius 3 is 2.31 bits per heavy atom. The van der Waals surface area contributed by atoms with Crippen LogP contribution in [-0.4, -0.2) is 0 Å². The topological polar surface area (TPSA) is 0 Å². The summed E-state index contributed by atoms with van der Waals surface area (Å²) in [7, 11) is 0. The second-order valence-electron chi connectivity index (χ2n) is 6.06. The molecule has 0 aromatic rings. The van der Waals surface area contributed by atoms with Crippen LogP contribution in [0.3, 0.4) is 0 Å². The van der Waals surface area contributed by atoms with E-state index in [1.165, 1.54) is 25.7 Å². The lowest BCUT2D eigenvalue weighted by atomic mass is 9.78. The first-order chi connectivity index (χ1) is 5.94. The van der Waals surface area contributed by atoms with Gasteiger partial charge in [-0.25, -0.2) is 0 Å². The van der Waals surface area contributed by atoms with Gasteiger partial charge in [0, 0.05) is 0 Å². The maximum Gasteiger partial charge on any atom is -0.0349 e. The molecule has 13 heavy (non-hydrogen) atoms. The smallest absolute Gasteiger partial charge is 0.0349 e. The standard InChI is InChI=1S/C13H26/c1-6-10(2)8-13(4,5)9-12-7-11(12)3/h10-12H,6-9H2,1-5H3. The van der Waals surface area contributed by atoms with Crippen LogP contribution in [0.4, 0.5) is 0 Å². The van der Waals surface area contributed by atoms with Crippen LogP contribution in [0.5, 0.6) is 0 Å². The molecule has 0 nitrogen and oxygen atoms in total. The molecular weight excluding hydrogens is 156 g/mol. The fourth-order valence-corrected chi connectivity index (χ4v) is 2.56. The zero-order chi connectivity index (χ0) is 10.1. The minimum atomic E-state index is 0.588. The normalized spacial score (nSPS) is 30.2. The summed E-state index contributed by atoms with van der Waals surface area (Å²) in [5.74, 6) is 2.99. The second-order valence-corrected chi connectivity index (χ2v) is 6.06. The zero-order valence-electron chi connectivity index (χ0n) is 10.1. The van der Waals surface area contributed by atoms with E-state index in [0.29, 0.717) is 5.41 Å². The lowest BCUT2D eigenvalue weighted by molar-refractivity contribution is 0.237.